The minimum absolute atomic E-state index is 0.0123. The molecule has 1 rings (SSSR count). The third-order valence-electron chi connectivity index (χ3n) is 2.95. The van der Waals surface area contributed by atoms with E-state index in [4.69, 9.17) is 10.8 Å². The largest absolute Gasteiger partial charge is 0.393 e. The summed E-state index contributed by atoms with van der Waals surface area (Å²) in [5.74, 6) is 0.0123. The lowest BCUT2D eigenvalue weighted by atomic mass is 9.91. The number of amides is 1. The lowest BCUT2D eigenvalue weighted by Gasteiger charge is -2.29. The molecule has 1 saturated carbocycles. The zero-order valence-corrected chi connectivity index (χ0v) is 9.41. The number of nitrogens with two attached hydrogens (primary N) is 1. The first kappa shape index (κ1) is 12.5. The Balaban J connectivity index is 2.24. The fraction of sp³-hybridized carbons (Fsp3) is 0.909. The Morgan fingerprint density at radius 2 is 2.20 bits per heavy atom. The van der Waals surface area contributed by atoms with Crippen LogP contribution in [0, 0.1) is 0 Å². The Morgan fingerprint density at radius 3 is 2.80 bits per heavy atom. The molecule has 4 heteroatoms. The van der Waals surface area contributed by atoms with Crippen LogP contribution in [0.15, 0.2) is 0 Å². The number of aliphatic hydroxyl groups excluding tert-OH is 1. The van der Waals surface area contributed by atoms with Crippen molar-refractivity contribution in [2.75, 3.05) is 0 Å². The normalized spacial score (nSPS) is 28.5. The number of hydrogen-bond acceptors (Lipinski definition) is 3. The summed E-state index contributed by atoms with van der Waals surface area (Å²) in [7, 11) is 0. The number of carbonyl (C=O) groups excluding carboxylic acids is 1. The van der Waals surface area contributed by atoms with Gasteiger partial charge >= 0.3 is 0 Å². The van der Waals surface area contributed by atoms with Gasteiger partial charge in [-0.25, -0.2) is 0 Å². The van der Waals surface area contributed by atoms with Crippen molar-refractivity contribution in [1.29, 1.82) is 0 Å². The summed E-state index contributed by atoms with van der Waals surface area (Å²) in [6.07, 6.45) is 4.81. The number of nitrogens with one attached hydrogen (secondary N) is 1. The Morgan fingerprint density at radius 1 is 1.53 bits per heavy atom. The molecule has 3 atom stereocenters. The molecule has 15 heavy (non-hydrogen) atoms. The Labute approximate surface area is 91.2 Å². The van der Waals surface area contributed by atoms with Crippen molar-refractivity contribution in [3.05, 3.63) is 0 Å². The van der Waals surface area contributed by atoms with Crippen LogP contribution in [0.3, 0.4) is 0 Å². The molecule has 0 aromatic rings. The van der Waals surface area contributed by atoms with Crippen LogP contribution < -0.4 is 11.1 Å². The first-order valence-electron chi connectivity index (χ1n) is 5.82. The zero-order valence-electron chi connectivity index (χ0n) is 9.41. The van der Waals surface area contributed by atoms with E-state index in [-0.39, 0.29) is 18.0 Å². The van der Waals surface area contributed by atoms with Gasteiger partial charge in [-0.2, -0.15) is 0 Å². The molecule has 3 unspecified atom stereocenters. The topological polar surface area (TPSA) is 75.3 Å². The van der Waals surface area contributed by atoms with Gasteiger partial charge in [0.25, 0.3) is 0 Å². The van der Waals surface area contributed by atoms with E-state index >= 15 is 0 Å². The smallest absolute Gasteiger partial charge is 0.220 e. The highest BCUT2D eigenvalue weighted by Crippen LogP contribution is 2.16. The molecule has 4 nitrogen and oxygen atoms in total. The average molecular weight is 214 g/mol. The van der Waals surface area contributed by atoms with Gasteiger partial charge in [-0.1, -0.05) is 12.8 Å². The number of aliphatic hydroxyl groups is 1. The number of hydrogen-bond donors (Lipinski definition) is 3. The summed E-state index contributed by atoms with van der Waals surface area (Å²) in [5, 5.41) is 12.0. The minimum Gasteiger partial charge on any atom is -0.393 e. The second kappa shape index (κ2) is 6.08. The summed E-state index contributed by atoms with van der Waals surface area (Å²) in [6.45, 7) is 1.69. The molecule has 88 valence electrons. The molecule has 0 aromatic heterocycles. The van der Waals surface area contributed by atoms with E-state index in [0.717, 1.165) is 19.3 Å². The zero-order chi connectivity index (χ0) is 11.3. The van der Waals surface area contributed by atoms with Crippen LogP contribution in [-0.4, -0.2) is 29.2 Å². The maximum absolute atomic E-state index is 11.5. The lowest BCUT2D eigenvalue weighted by Crippen LogP contribution is -2.49. The second-order valence-electron chi connectivity index (χ2n) is 4.51. The molecule has 1 fully saturated rings. The number of carbonyl (C=O) groups is 1. The van der Waals surface area contributed by atoms with Crippen LogP contribution >= 0.6 is 0 Å². The molecule has 0 saturated heterocycles. The monoisotopic (exact) mass is 214 g/mol. The van der Waals surface area contributed by atoms with Crippen LogP contribution in [0.5, 0.6) is 0 Å². The van der Waals surface area contributed by atoms with Gasteiger partial charge in [0.15, 0.2) is 0 Å². The first-order chi connectivity index (χ1) is 7.09. The first-order valence-corrected chi connectivity index (χ1v) is 5.82. The fourth-order valence-electron chi connectivity index (χ4n) is 1.96. The van der Waals surface area contributed by atoms with E-state index in [1.807, 2.05) is 0 Å². The van der Waals surface area contributed by atoms with Crippen LogP contribution in [-0.2, 0) is 4.79 Å². The molecule has 0 aromatic carbocycles. The molecule has 0 spiro atoms. The predicted molar refractivity (Wildman–Crippen MR) is 59.3 cm³/mol. The van der Waals surface area contributed by atoms with Gasteiger partial charge in [0.2, 0.25) is 5.91 Å². The molecule has 1 amide bonds. The van der Waals surface area contributed by atoms with Crippen LogP contribution in [0.2, 0.25) is 0 Å². The molecule has 0 heterocycles. The summed E-state index contributed by atoms with van der Waals surface area (Å²) >= 11 is 0. The number of rotatable bonds is 4. The predicted octanol–water partition coefficient (Wildman–Crippen LogP) is 0.534. The van der Waals surface area contributed by atoms with Crippen molar-refractivity contribution >= 4 is 5.91 Å². The van der Waals surface area contributed by atoms with Crippen LogP contribution in [0.25, 0.3) is 0 Å². The van der Waals surface area contributed by atoms with Crippen molar-refractivity contribution in [3.63, 3.8) is 0 Å². The average Bonchev–Trinajstić information content (AvgIpc) is 2.18. The van der Waals surface area contributed by atoms with Gasteiger partial charge < -0.3 is 16.2 Å². The van der Waals surface area contributed by atoms with Crippen molar-refractivity contribution in [3.8, 4) is 0 Å². The van der Waals surface area contributed by atoms with E-state index in [9.17, 15) is 4.79 Å². The van der Waals surface area contributed by atoms with E-state index < -0.39 is 6.10 Å². The Bertz CT molecular complexity index is 207. The van der Waals surface area contributed by atoms with Gasteiger partial charge in [-0.05, 0) is 26.2 Å². The third kappa shape index (κ3) is 4.62. The summed E-state index contributed by atoms with van der Waals surface area (Å²) in [6, 6.07) is 0.245. The minimum atomic E-state index is -0.407. The van der Waals surface area contributed by atoms with E-state index in [1.54, 1.807) is 6.92 Å². The van der Waals surface area contributed by atoms with Gasteiger partial charge in [0.1, 0.15) is 0 Å². The molecule has 0 bridgehead atoms. The van der Waals surface area contributed by atoms with Gasteiger partial charge in [0, 0.05) is 18.5 Å². The Hall–Kier alpha value is -0.610. The van der Waals surface area contributed by atoms with Crippen molar-refractivity contribution in [2.45, 2.75) is 63.6 Å². The highest BCUT2D eigenvalue weighted by Gasteiger charge is 2.22. The van der Waals surface area contributed by atoms with Crippen LogP contribution in [0.4, 0.5) is 0 Å². The summed E-state index contributed by atoms with van der Waals surface area (Å²) < 4.78 is 0. The van der Waals surface area contributed by atoms with Crippen molar-refractivity contribution < 1.29 is 9.90 Å². The van der Waals surface area contributed by atoms with Gasteiger partial charge in [-0.15, -0.1) is 0 Å². The quantitative estimate of drug-likeness (QED) is 0.639. The maximum atomic E-state index is 11.5. The highest BCUT2D eigenvalue weighted by atomic mass is 16.3. The van der Waals surface area contributed by atoms with E-state index in [1.165, 1.54) is 6.42 Å². The van der Waals surface area contributed by atoms with Crippen molar-refractivity contribution in [2.24, 2.45) is 5.73 Å². The van der Waals surface area contributed by atoms with E-state index in [2.05, 4.69) is 5.32 Å². The SMILES string of the molecule is CC(O)CCC(=O)NC1CCCCC1N. The lowest BCUT2D eigenvalue weighted by molar-refractivity contribution is -0.122. The fourth-order valence-corrected chi connectivity index (χ4v) is 1.96. The van der Waals surface area contributed by atoms with Crippen molar-refractivity contribution in [1.82, 2.24) is 5.32 Å². The molecular formula is C11H22N2O2. The molecule has 0 aliphatic heterocycles. The third-order valence-corrected chi connectivity index (χ3v) is 2.95. The maximum Gasteiger partial charge on any atom is 0.220 e. The van der Waals surface area contributed by atoms with Gasteiger partial charge in [-0.3, -0.25) is 4.79 Å². The van der Waals surface area contributed by atoms with Gasteiger partial charge in [0.05, 0.1) is 6.10 Å². The summed E-state index contributed by atoms with van der Waals surface area (Å²) in [4.78, 5) is 11.5. The summed E-state index contributed by atoms with van der Waals surface area (Å²) in [5.41, 5.74) is 5.92. The van der Waals surface area contributed by atoms with Crippen LogP contribution in [0.1, 0.15) is 45.4 Å². The molecule has 0 radical (unpaired) electrons. The molecule has 1 aliphatic carbocycles. The molecular weight excluding hydrogens is 192 g/mol. The van der Waals surface area contributed by atoms with E-state index in [0.29, 0.717) is 12.8 Å². The Kier molecular flexibility index (Phi) is 5.05. The second-order valence-corrected chi connectivity index (χ2v) is 4.51. The molecule has 4 N–H and O–H groups in total. The molecule has 1 aliphatic rings. The standard InChI is InChI=1S/C11H22N2O2/c1-8(14)6-7-11(15)13-10-5-3-2-4-9(10)12/h8-10,14H,2-7,12H2,1H3,(H,13,15). The highest BCUT2D eigenvalue weighted by molar-refractivity contribution is 5.76.